The molecule has 0 aromatic carbocycles. The third kappa shape index (κ3) is 1.21. The molecule has 0 aliphatic carbocycles. The van der Waals surface area contributed by atoms with Gasteiger partial charge in [-0.2, -0.15) is 9.78 Å². The van der Waals surface area contributed by atoms with Crippen molar-refractivity contribution < 1.29 is 9.59 Å². The zero-order valence-electron chi connectivity index (χ0n) is 7.86. The third-order valence-corrected chi connectivity index (χ3v) is 2.29. The van der Waals surface area contributed by atoms with E-state index in [2.05, 4.69) is 10.4 Å². The van der Waals surface area contributed by atoms with E-state index < -0.39 is 5.92 Å². The molecule has 1 aromatic heterocycles. The molecule has 2 heterocycles. The lowest BCUT2D eigenvalue weighted by Crippen LogP contribution is -2.39. The van der Waals surface area contributed by atoms with Crippen molar-refractivity contribution in [3.8, 4) is 0 Å². The van der Waals surface area contributed by atoms with Crippen LogP contribution in [0.2, 0.25) is 0 Å². The van der Waals surface area contributed by atoms with Crippen LogP contribution in [0.3, 0.4) is 0 Å². The summed E-state index contributed by atoms with van der Waals surface area (Å²) in [5.41, 5.74) is 0. The van der Waals surface area contributed by atoms with E-state index >= 15 is 0 Å². The second-order valence-electron chi connectivity index (χ2n) is 3.30. The van der Waals surface area contributed by atoms with Gasteiger partial charge >= 0.3 is 0 Å². The molecule has 14 heavy (non-hydrogen) atoms. The van der Waals surface area contributed by atoms with Crippen LogP contribution >= 0.6 is 0 Å². The molecule has 1 N–H and O–H groups in total. The number of rotatable bonds is 2. The first kappa shape index (κ1) is 8.93. The van der Waals surface area contributed by atoms with E-state index in [1.54, 1.807) is 6.07 Å². The van der Waals surface area contributed by atoms with Gasteiger partial charge in [0, 0.05) is 6.07 Å². The highest BCUT2D eigenvalue weighted by Gasteiger charge is 2.33. The fourth-order valence-electron chi connectivity index (χ4n) is 1.59. The quantitative estimate of drug-likeness (QED) is 0.709. The van der Waals surface area contributed by atoms with Gasteiger partial charge in [0.25, 0.3) is 5.91 Å². The van der Waals surface area contributed by atoms with Crippen LogP contribution in [0, 0.1) is 5.92 Å². The molecule has 0 spiro atoms. The predicted molar refractivity (Wildman–Crippen MR) is 49.9 cm³/mol. The summed E-state index contributed by atoms with van der Waals surface area (Å²) in [6.07, 6.45) is 2.88. The Kier molecular flexibility index (Phi) is 2.07. The monoisotopic (exact) mass is 193 g/mol. The molecule has 0 saturated carbocycles. The van der Waals surface area contributed by atoms with Crippen molar-refractivity contribution in [2.45, 2.75) is 19.8 Å². The minimum absolute atomic E-state index is 0.218. The molecule has 1 aromatic rings. The number of nitrogens with zero attached hydrogens (tertiary/aromatic N) is 2. The SMILES string of the molecule is CCCC1C(=O)Nc2ccnn2C1=O. The lowest BCUT2D eigenvalue weighted by molar-refractivity contribution is -0.119. The van der Waals surface area contributed by atoms with Crippen molar-refractivity contribution in [1.29, 1.82) is 0 Å². The Morgan fingerprint density at radius 3 is 3.07 bits per heavy atom. The summed E-state index contributed by atoms with van der Waals surface area (Å²) in [6.45, 7) is 1.94. The minimum Gasteiger partial charge on any atom is -0.310 e. The zero-order chi connectivity index (χ0) is 10.1. The summed E-state index contributed by atoms with van der Waals surface area (Å²) in [6, 6.07) is 1.61. The molecule has 1 atom stereocenters. The van der Waals surface area contributed by atoms with Gasteiger partial charge in [0.1, 0.15) is 11.7 Å². The van der Waals surface area contributed by atoms with E-state index in [0.29, 0.717) is 12.2 Å². The Bertz CT molecular complexity index is 383. The van der Waals surface area contributed by atoms with Gasteiger partial charge in [-0.15, -0.1) is 0 Å². The first-order valence-electron chi connectivity index (χ1n) is 4.63. The summed E-state index contributed by atoms with van der Waals surface area (Å²) < 4.78 is 1.25. The molecule has 1 amide bonds. The number of nitrogens with one attached hydrogen (secondary N) is 1. The zero-order valence-corrected chi connectivity index (χ0v) is 7.86. The number of carbonyl (C=O) groups excluding carboxylic acids is 2. The summed E-state index contributed by atoms with van der Waals surface area (Å²) in [5.74, 6) is -0.555. The van der Waals surface area contributed by atoms with E-state index in [9.17, 15) is 9.59 Å². The Hall–Kier alpha value is -1.65. The molecule has 1 unspecified atom stereocenters. The fourth-order valence-corrected chi connectivity index (χ4v) is 1.59. The van der Waals surface area contributed by atoms with Gasteiger partial charge in [-0.1, -0.05) is 13.3 Å². The van der Waals surface area contributed by atoms with Crippen LogP contribution in [-0.4, -0.2) is 21.6 Å². The molecule has 0 saturated heterocycles. The maximum atomic E-state index is 11.7. The summed E-state index contributed by atoms with van der Waals surface area (Å²) in [4.78, 5) is 23.2. The van der Waals surface area contributed by atoms with Crippen molar-refractivity contribution in [2.75, 3.05) is 5.32 Å². The average Bonchev–Trinajstić information content (AvgIpc) is 2.60. The van der Waals surface area contributed by atoms with Gasteiger partial charge in [-0.25, -0.2) is 0 Å². The molecule has 1 aliphatic heterocycles. The van der Waals surface area contributed by atoms with E-state index in [4.69, 9.17) is 0 Å². The van der Waals surface area contributed by atoms with Crippen LogP contribution in [0.25, 0.3) is 0 Å². The minimum atomic E-state index is -0.576. The molecule has 0 fully saturated rings. The van der Waals surface area contributed by atoms with E-state index in [1.165, 1.54) is 10.9 Å². The highest BCUT2D eigenvalue weighted by atomic mass is 16.2. The average molecular weight is 193 g/mol. The van der Waals surface area contributed by atoms with E-state index in [-0.39, 0.29) is 11.8 Å². The van der Waals surface area contributed by atoms with Crippen LogP contribution < -0.4 is 5.32 Å². The Balaban J connectivity index is 2.34. The molecule has 0 bridgehead atoms. The fraction of sp³-hybridized carbons (Fsp3) is 0.444. The molecule has 74 valence electrons. The van der Waals surface area contributed by atoms with Crippen LogP contribution in [0.15, 0.2) is 12.3 Å². The highest BCUT2D eigenvalue weighted by molar-refractivity contribution is 6.11. The lowest BCUT2D eigenvalue weighted by atomic mass is 10.0. The van der Waals surface area contributed by atoms with Crippen molar-refractivity contribution in [3.63, 3.8) is 0 Å². The molecule has 0 radical (unpaired) electrons. The Labute approximate surface area is 81.1 Å². The summed E-state index contributed by atoms with van der Waals surface area (Å²) in [5, 5.41) is 6.50. The number of amides is 1. The van der Waals surface area contributed by atoms with Crippen molar-refractivity contribution in [2.24, 2.45) is 5.92 Å². The van der Waals surface area contributed by atoms with Crippen molar-refractivity contribution in [1.82, 2.24) is 9.78 Å². The first-order valence-corrected chi connectivity index (χ1v) is 4.63. The smallest absolute Gasteiger partial charge is 0.261 e. The second-order valence-corrected chi connectivity index (χ2v) is 3.30. The molecular weight excluding hydrogens is 182 g/mol. The molecule has 5 heteroatoms. The topological polar surface area (TPSA) is 64.0 Å². The van der Waals surface area contributed by atoms with Gasteiger partial charge < -0.3 is 5.32 Å². The predicted octanol–water partition coefficient (Wildman–Crippen LogP) is 0.892. The molecular formula is C9H11N3O2. The van der Waals surface area contributed by atoms with Gasteiger partial charge in [-0.05, 0) is 6.42 Å². The largest absolute Gasteiger partial charge is 0.310 e. The molecule has 5 nitrogen and oxygen atoms in total. The van der Waals surface area contributed by atoms with Gasteiger partial charge in [0.2, 0.25) is 5.91 Å². The number of anilines is 1. The van der Waals surface area contributed by atoms with Crippen LogP contribution in [0.4, 0.5) is 5.82 Å². The van der Waals surface area contributed by atoms with Crippen molar-refractivity contribution >= 4 is 17.6 Å². The van der Waals surface area contributed by atoms with Crippen molar-refractivity contribution in [3.05, 3.63) is 12.3 Å². The first-order chi connectivity index (χ1) is 6.74. The van der Waals surface area contributed by atoms with E-state index in [1.807, 2.05) is 6.92 Å². The van der Waals surface area contributed by atoms with Crippen LogP contribution in [0.5, 0.6) is 0 Å². The second kappa shape index (κ2) is 3.25. The molecule has 1 aliphatic rings. The van der Waals surface area contributed by atoms with Crippen LogP contribution in [-0.2, 0) is 4.79 Å². The number of aromatic nitrogens is 2. The standard InChI is InChI=1S/C9H11N3O2/c1-2-3-6-8(13)11-7-4-5-10-12(7)9(6)14/h4-6H,2-3H2,1H3,(H,11,13). The van der Waals surface area contributed by atoms with Crippen LogP contribution in [0.1, 0.15) is 24.6 Å². The third-order valence-electron chi connectivity index (χ3n) is 2.29. The molecule has 2 rings (SSSR count). The number of fused-ring (bicyclic) bond motifs is 1. The number of hydrogen-bond donors (Lipinski definition) is 1. The lowest BCUT2D eigenvalue weighted by Gasteiger charge is -2.20. The van der Waals surface area contributed by atoms with E-state index in [0.717, 1.165) is 6.42 Å². The summed E-state index contributed by atoms with van der Waals surface area (Å²) >= 11 is 0. The maximum absolute atomic E-state index is 11.7. The maximum Gasteiger partial charge on any atom is 0.261 e. The Morgan fingerprint density at radius 1 is 1.57 bits per heavy atom. The van der Waals surface area contributed by atoms with Gasteiger partial charge in [-0.3, -0.25) is 9.59 Å². The normalized spacial score (nSPS) is 20.5. The number of carbonyl (C=O) groups is 2. The summed E-state index contributed by atoms with van der Waals surface area (Å²) in [7, 11) is 0. The van der Waals surface area contributed by atoms with Gasteiger partial charge in [0.15, 0.2) is 0 Å². The highest BCUT2D eigenvalue weighted by Crippen LogP contribution is 2.20. The number of hydrogen-bond acceptors (Lipinski definition) is 3. The van der Waals surface area contributed by atoms with Gasteiger partial charge in [0.05, 0.1) is 6.20 Å². The Morgan fingerprint density at radius 2 is 2.36 bits per heavy atom.